The fraction of sp³-hybridized carbons (Fsp3) is 0.923. The summed E-state index contributed by atoms with van der Waals surface area (Å²) in [7, 11) is 0. The summed E-state index contributed by atoms with van der Waals surface area (Å²) in [5.41, 5.74) is 0. The SMILES string of the molecule is O=C(CCC1CCCO1)NCC1CCCCN1. The van der Waals surface area contributed by atoms with Crippen LogP contribution in [-0.4, -0.2) is 37.7 Å². The predicted octanol–water partition coefficient (Wildman–Crippen LogP) is 1.20. The molecule has 0 aromatic rings. The summed E-state index contributed by atoms with van der Waals surface area (Å²) in [6, 6.07) is 0.482. The van der Waals surface area contributed by atoms with Gasteiger partial charge in [0.25, 0.3) is 0 Å². The van der Waals surface area contributed by atoms with Gasteiger partial charge in [-0.3, -0.25) is 4.79 Å². The number of piperidine rings is 1. The van der Waals surface area contributed by atoms with E-state index in [1.807, 2.05) is 0 Å². The van der Waals surface area contributed by atoms with Crippen LogP contribution in [0.25, 0.3) is 0 Å². The molecule has 17 heavy (non-hydrogen) atoms. The lowest BCUT2D eigenvalue weighted by molar-refractivity contribution is -0.121. The third kappa shape index (κ3) is 4.64. The monoisotopic (exact) mass is 240 g/mol. The van der Waals surface area contributed by atoms with E-state index in [0.717, 1.165) is 39.0 Å². The molecule has 0 saturated carbocycles. The molecule has 0 radical (unpaired) electrons. The van der Waals surface area contributed by atoms with E-state index in [1.165, 1.54) is 19.3 Å². The molecule has 0 aromatic heterocycles. The maximum absolute atomic E-state index is 11.6. The number of amides is 1. The molecule has 2 rings (SSSR count). The third-order valence-electron chi connectivity index (χ3n) is 3.68. The topological polar surface area (TPSA) is 50.4 Å². The molecule has 2 aliphatic rings. The zero-order chi connectivity index (χ0) is 11.9. The summed E-state index contributed by atoms with van der Waals surface area (Å²) in [4.78, 5) is 11.6. The first-order valence-electron chi connectivity index (χ1n) is 6.96. The van der Waals surface area contributed by atoms with Crippen LogP contribution in [0.2, 0.25) is 0 Å². The Morgan fingerprint density at radius 1 is 1.29 bits per heavy atom. The highest BCUT2D eigenvalue weighted by Crippen LogP contribution is 2.16. The Balaban J connectivity index is 1.53. The Morgan fingerprint density at radius 2 is 2.24 bits per heavy atom. The lowest BCUT2D eigenvalue weighted by atomic mass is 10.0. The Hall–Kier alpha value is -0.610. The summed E-state index contributed by atoms with van der Waals surface area (Å²) in [5.74, 6) is 0.174. The van der Waals surface area contributed by atoms with Gasteiger partial charge in [-0.15, -0.1) is 0 Å². The third-order valence-corrected chi connectivity index (χ3v) is 3.68. The lowest BCUT2D eigenvalue weighted by Gasteiger charge is -2.23. The van der Waals surface area contributed by atoms with E-state index in [2.05, 4.69) is 10.6 Å². The molecule has 0 aromatic carbocycles. The van der Waals surface area contributed by atoms with E-state index in [9.17, 15) is 4.79 Å². The van der Waals surface area contributed by atoms with Crippen LogP contribution in [-0.2, 0) is 9.53 Å². The second-order valence-electron chi connectivity index (χ2n) is 5.12. The van der Waals surface area contributed by atoms with Crippen LogP contribution >= 0.6 is 0 Å². The molecule has 2 saturated heterocycles. The van der Waals surface area contributed by atoms with Crippen molar-refractivity contribution in [2.24, 2.45) is 0 Å². The number of carbonyl (C=O) groups is 1. The zero-order valence-corrected chi connectivity index (χ0v) is 10.5. The van der Waals surface area contributed by atoms with Crippen molar-refractivity contribution in [1.29, 1.82) is 0 Å². The first kappa shape index (κ1) is 12.8. The molecule has 2 N–H and O–H groups in total. The van der Waals surface area contributed by atoms with E-state index in [4.69, 9.17) is 4.74 Å². The fourth-order valence-electron chi connectivity index (χ4n) is 2.59. The molecule has 2 fully saturated rings. The van der Waals surface area contributed by atoms with Crippen molar-refractivity contribution in [3.63, 3.8) is 0 Å². The molecule has 2 unspecified atom stereocenters. The lowest BCUT2D eigenvalue weighted by Crippen LogP contribution is -2.43. The second kappa shape index (κ2) is 6.97. The summed E-state index contributed by atoms with van der Waals surface area (Å²) in [6.45, 7) is 2.75. The molecular formula is C13H24N2O2. The van der Waals surface area contributed by atoms with Crippen LogP contribution in [0.5, 0.6) is 0 Å². The minimum atomic E-state index is 0.174. The molecule has 4 nitrogen and oxygen atoms in total. The fourth-order valence-corrected chi connectivity index (χ4v) is 2.59. The van der Waals surface area contributed by atoms with Crippen LogP contribution in [0.3, 0.4) is 0 Å². The van der Waals surface area contributed by atoms with Crippen LogP contribution < -0.4 is 10.6 Å². The smallest absolute Gasteiger partial charge is 0.220 e. The molecule has 0 aliphatic carbocycles. The van der Waals surface area contributed by atoms with Gasteiger partial charge in [0.05, 0.1) is 6.10 Å². The molecule has 98 valence electrons. The molecule has 2 aliphatic heterocycles. The standard InChI is InChI=1S/C13H24N2O2/c16-13(7-6-12-5-3-9-17-12)15-10-11-4-1-2-8-14-11/h11-12,14H,1-10H2,(H,15,16). The van der Waals surface area contributed by atoms with Crippen molar-refractivity contribution in [3.8, 4) is 0 Å². The van der Waals surface area contributed by atoms with Gasteiger partial charge in [0, 0.05) is 25.6 Å². The number of hydrogen-bond acceptors (Lipinski definition) is 3. The van der Waals surface area contributed by atoms with Gasteiger partial charge in [-0.1, -0.05) is 6.42 Å². The van der Waals surface area contributed by atoms with Crippen LogP contribution in [0, 0.1) is 0 Å². The van der Waals surface area contributed by atoms with Gasteiger partial charge in [-0.05, 0) is 38.6 Å². The highest BCUT2D eigenvalue weighted by molar-refractivity contribution is 5.75. The van der Waals surface area contributed by atoms with Gasteiger partial charge < -0.3 is 15.4 Å². The number of rotatable bonds is 5. The van der Waals surface area contributed by atoms with Gasteiger partial charge in [0.2, 0.25) is 5.91 Å². The van der Waals surface area contributed by atoms with Gasteiger partial charge in [-0.2, -0.15) is 0 Å². The van der Waals surface area contributed by atoms with E-state index < -0.39 is 0 Å². The maximum atomic E-state index is 11.6. The first-order chi connectivity index (χ1) is 8.34. The number of ether oxygens (including phenoxy) is 1. The summed E-state index contributed by atoms with van der Waals surface area (Å²) < 4.78 is 5.51. The zero-order valence-electron chi connectivity index (χ0n) is 10.5. The van der Waals surface area contributed by atoms with Crippen molar-refractivity contribution in [3.05, 3.63) is 0 Å². The average molecular weight is 240 g/mol. The van der Waals surface area contributed by atoms with Crippen LogP contribution in [0.15, 0.2) is 0 Å². The normalized spacial score (nSPS) is 29.2. The summed E-state index contributed by atoms with van der Waals surface area (Å²) in [5, 5.41) is 6.45. The van der Waals surface area contributed by atoms with E-state index in [0.29, 0.717) is 18.6 Å². The van der Waals surface area contributed by atoms with E-state index in [1.54, 1.807) is 0 Å². The molecule has 2 heterocycles. The highest BCUT2D eigenvalue weighted by atomic mass is 16.5. The Bertz CT molecular complexity index is 234. The summed E-state index contributed by atoms with van der Waals surface area (Å²) in [6.07, 6.45) is 7.82. The van der Waals surface area contributed by atoms with Crippen molar-refractivity contribution < 1.29 is 9.53 Å². The number of nitrogens with one attached hydrogen (secondary N) is 2. The molecule has 4 heteroatoms. The summed E-state index contributed by atoms with van der Waals surface area (Å²) >= 11 is 0. The Kier molecular flexibility index (Phi) is 5.26. The molecule has 0 spiro atoms. The van der Waals surface area contributed by atoms with Gasteiger partial charge in [-0.25, -0.2) is 0 Å². The Labute approximate surface area is 103 Å². The Morgan fingerprint density at radius 3 is 2.94 bits per heavy atom. The molecule has 0 bridgehead atoms. The van der Waals surface area contributed by atoms with Crippen molar-refractivity contribution in [2.75, 3.05) is 19.7 Å². The van der Waals surface area contributed by atoms with Gasteiger partial charge in [0.1, 0.15) is 0 Å². The minimum absolute atomic E-state index is 0.174. The predicted molar refractivity (Wildman–Crippen MR) is 66.9 cm³/mol. The quantitative estimate of drug-likeness (QED) is 0.759. The van der Waals surface area contributed by atoms with Crippen molar-refractivity contribution in [2.45, 2.75) is 57.1 Å². The molecule has 2 atom stereocenters. The minimum Gasteiger partial charge on any atom is -0.378 e. The molecular weight excluding hydrogens is 216 g/mol. The maximum Gasteiger partial charge on any atom is 0.220 e. The first-order valence-corrected chi connectivity index (χ1v) is 6.96. The van der Waals surface area contributed by atoms with Gasteiger partial charge >= 0.3 is 0 Å². The second-order valence-corrected chi connectivity index (χ2v) is 5.12. The highest BCUT2D eigenvalue weighted by Gasteiger charge is 2.17. The largest absolute Gasteiger partial charge is 0.378 e. The molecule has 1 amide bonds. The van der Waals surface area contributed by atoms with Crippen molar-refractivity contribution >= 4 is 5.91 Å². The number of hydrogen-bond donors (Lipinski definition) is 2. The van der Waals surface area contributed by atoms with E-state index in [-0.39, 0.29) is 5.91 Å². The van der Waals surface area contributed by atoms with E-state index >= 15 is 0 Å². The van der Waals surface area contributed by atoms with Crippen molar-refractivity contribution in [1.82, 2.24) is 10.6 Å². The van der Waals surface area contributed by atoms with Crippen LogP contribution in [0.4, 0.5) is 0 Å². The average Bonchev–Trinajstić information content (AvgIpc) is 2.88. The van der Waals surface area contributed by atoms with Gasteiger partial charge in [0.15, 0.2) is 0 Å². The number of carbonyl (C=O) groups excluding carboxylic acids is 1. The van der Waals surface area contributed by atoms with Crippen LogP contribution in [0.1, 0.15) is 44.9 Å².